The molecule has 0 bridgehead atoms. The van der Waals surface area contributed by atoms with Gasteiger partial charge in [-0.3, -0.25) is 14.9 Å². The number of carbonyl (C=O) groups is 2. The van der Waals surface area contributed by atoms with Gasteiger partial charge in [0.15, 0.2) is 0 Å². The monoisotopic (exact) mass is 305 g/mol. The fraction of sp³-hybridized carbons (Fsp3) is 0.231. The third-order valence-corrected chi connectivity index (χ3v) is 3.74. The van der Waals surface area contributed by atoms with Crippen molar-refractivity contribution >= 4 is 35.1 Å². The Bertz CT molecular complexity index is 727. The number of fused-ring (bicyclic) bond motifs is 1. The van der Waals surface area contributed by atoms with Crippen molar-refractivity contribution in [1.29, 1.82) is 0 Å². The molecule has 7 nitrogen and oxygen atoms in total. The number of nitrogens with zero attached hydrogens (tertiary/aromatic N) is 3. The molecule has 2 amide bonds. The first-order valence-electron chi connectivity index (χ1n) is 6.31. The van der Waals surface area contributed by atoms with Crippen LogP contribution in [-0.2, 0) is 9.59 Å². The van der Waals surface area contributed by atoms with Crippen LogP contribution in [0.2, 0.25) is 5.02 Å². The van der Waals surface area contributed by atoms with Gasteiger partial charge in [-0.15, -0.1) is 0 Å². The van der Waals surface area contributed by atoms with E-state index in [1.165, 1.54) is 11.0 Å². The Morgan fingerprint density at radius 2 is 2.33 bits per heavy atom. The van der Waals surface area contributed by atoms with Gasteiger partial charge in [0, 0.05) is 10.7 Å². The zero-order chi connectivity index (χ0) is 15.0. The number of benzene rings is 1. The van der Waals surface area contributed by atoms with Crippen LogP contribution in [0.25, 0.3) is 0 Å². The van der Waals surface area contributed by atoms with Gasteiger partial charge in [-0.05, 0) is 24.6 Å². The van der Waals surface area contributed by atoms with Crippen LogP contribution in [0.5, 0.6) is 0 Å². The van der Waals surface area contributed by atoms with Crippen molar-refractivity contribution in [1.82, 2.24) is 14.8 Å². The van der Waals surface area contributed by atoms with E-state index < -0.39 is 6.04 Å². The van der Waals surface area contributed by atoms with E-state index in [-0.39, 0.29) is 24.2 Å². The first kappa shape index (κ1) is 13.6. The van der Waals surface area contributed by atoms with E-state index >= 15 is 0 Å². The van der Waals surface area contributed by atoms with Crippen LogP contribution in [0.15, 0.2) is 24.5 Å². The number of hydrogen-bond acceptors (Lipinski definition) is 4. The summed E-state index contributed by atoms with van der Waals surface area (Å²) in [6.07, 6.45) is 1.31. The standard InChI is InChI=1S/C13H12ClN5O2/c1-7-8(14)3-2-4-9(7)17-12(21)10-5-11(20)18-13-15-6-16-19(10)13/h2-4,6,10H,5H2,1H3,(H,17,21)(H,15,16,18,20)/t10-/m1/s1. The topological polar surface area (TPSA) is 88.9 Å². The maximum Gasteiger partial charge on any atom is 0.249 e. The zero-order valence-corrected chi connectivity index (χ0v) is 11.9. The summed E-state index contributed by atoms with van der Waals surface area (Å²) in [5.74, 6) is -0.324. The molecule has 3 rings (SSSR count). The van der Waals surface area contributed by atoms with Crippen molar-refractivity contribution in [3.8, 4) is 0 Å². The minimum atomic E-state index is -0.727. The molecule has 8 heteroatoms. The Kier molecular flexibility index (Phi) is 3.34. The van der Waals surface area contributed by atoms with Crippen LogP contribution in [0.1, 0.15) is 18.0 Å². The highest BCUT2D eigenvalue weighted by molar-refractivity contribution is 6.31. The number of nitrogens with one attached hydrogen (secondary N) is 2. The average Bonchev–Trinajstić information content (AvgIpc) is 2.90. The summed E-state index contributed by atoms with van der Waals surface area (Å²) in [7, 11) is 0. The summed E-state index contributed by atoms with van der Waals surface area (Å²) in [5, 5.41) is 9.88. The summed E-state index contributed by atoms with van der Waals surface area (Å²) in [6, 6.07) is 4.52. The molecule has 1 atom stereocenters. The molecule has 1 aliphatic rings. The number of aromatic nitrogens is 3. The van der Waals surface area contributed by atoms with Gasteiger partial charge in [-0.25, -0.2) is 4.68 Å². The molecule has 2 heterocycles. The molecule has 1 aromatic heterocycles. The quantitative estimate of drug-likeness (QED) is 0.885. The fourth-order valence-corrected chi connectivity index (χ4v) is 2.34. The highest BCUT2D eigenvalue weighted by Crippen LogP contribution is 2.26. The van der Waals surface area contributed by atoms with Crippen LogP contribution in [0.3, 0.4) is 0 Å². The van der Waals surface area contributed by atoms with Crippen molar-refractivity contribution in [3.63, 3.8) is 0 Å². The molecule has 0 saturated heterocycles. The van der Waals surface area contributed by atoms with E-state index in [0.717, 1.165) is 5.56 Å². The lowest BCUT2D eigenvalue weighted by molar-refractivity contribution is -0.125. The third-order valence-electron chi connectivity index (χ3n) is 3.33. The second-order valence-electron chi connectivity index (χ2n) is 4.70. The van der Waals surface area contributed by atoms with Gasteiger partial charge in [0.1, 0.15) is 12.4 Å². The molecule has 0 fully saturated rings. The van der Waals surface area contributed by atoms with E-state index in [2.05, 4.69) is 20.7 Å². The summed E-state index contributed by atoms with van der Waals surface area (Å²) < 4.78 is 1.40. The maximum absolute atomic E-state index is 12.4. The van der Waals surface area contributed by atoms with E-state index in [1.807, 2.05) is 6.92 Å². The predicted molar refractivity (Wildman–Crippen MR) is 77.1 cm³/mol. The van der Waals surface area contributed by atoms with Crippen molar-refractivity contribution in [2.24, 2.45) is 0 Å². The highest BCUT2D eigenvalue weighted by atomic mass is 35.5. The maximum atomic E-state index is 12.4. The van der Waals surface area contributed by atoms with Crippen LogP contribution in [0, 0.1) is 6.92 Å². The first-order valence-corrected chi connectivity index (χ1v) is 6.69. The number of amides is 2. The number of halogens is 1. The Hall–Kier alpha value is -2.41. The summed E-state index contributed by atoms with van der Waals surface area (Å²) in [6.45, 7) is 1.81. The molecule has 1 aromatic carbocycles. The lowest BCUT2D eigenvalue weighted by Crippen LogP contribution is -2.36. The first-order chi connectivity index (χ1) is 10.1. The Morgan fingerprint density at radius 3 is 3.14 bits per heavy atom. The van der Waals surface area contributed by atoms with Gasteiger partial charge in [-0.2, -0.15) is 10.1 Å². The van der Waals surface area contributed by atoms with Crippen LogP contribution >= 0.6 is 11.6 Å². The smallest absolute Gasteiger partial charge is 0.249 e. The van der Waals surface area contributed by atoms with E-state index in [4.69, 9.17) is 11.6 Å². The van der Waals surface area contributed by atoms with Crippen LogP contribution in [-0.4, -0.2) is 26.6 Å². The normalized spacial score (nSPS) is 17.0. The second-order valence-corrected chi connectivity index (χ2v) is 5.11. The number of anilines is 2. The number of carbonyl (C=O) groups excluding carboxylic acids is 2. The molecule has 2 N–H and O–H groups in total. The lowest BCUT2D eigenvalue weighted by Gasteiger charge is -2.23. The van der Waals surface area contributed by atoms with E-state index in [9.17, 15) is 9.59 Å². The number of rotatable bonds is 2. The zero-order valence-electron chi connectivity index (χ0n) is 11.1. The largest absolute Gasteiger partial charge is 0.324 e. The molecule has 0 unspecified atom stereocenters. The third kappa shape index (κ3) is 2.47. The number of hydrogen-bond donors (Lipinski definition) is 2. The molecular weight excluding hydrogens is 294 g/mol. The Morgan fingerprint density at radius 1 is 1.52 bits per heavy atom. The minimum Gasteiger partial charge on any atom is -0.324 e. The van der Waals surface area contributed by atoms with Gasteiger partial charge in [0.25, 0.3) is 0 Å². The minimum absolute atomic E-state index is 0.0157. The SMILES string of the molecule is Cc1c(Cl)cccc1NC(=O)[C@H]1CC(=O)Nc2ncnn21. The van der Waals surface area contributed by atoms with E-state index in [1.54, 1.807) is 18.2 Å². The molecule has 0 spiro atoms. The molecular formula is C13H12ClN5O2. The lowest BCUT2D eigenvalue weighted by atomic mass is 10.1. The van der Waals surface area contributed by atoms with Crippen LogP contribution < -0.4 is 10.6 Å². The molecule has 2 aromatic rings. The molecule has 0 radical (unpaired) electrons. The molecule has 1 aliphatic heterocycles. The van der Waals surface area contributed by atoms with Crippen LogP contribution in [0.4, 0.5) is 11.6 Å². The van der Waals surface area contributed by atoms with Crippen molar-refractivity contribution in [2.45, 2.75) is 19.4 Å². The van der Waals surface area contributed by atoms with Crippen molar-refractivity contribution in [3.05, 3.63) is 35.1 Å². The molecule has 21 heavy (non-hydrogen) atoms. The predicted octanol–water partition coefficient (Wildman–Crippen LogP) is 1.76. The van der Waals surface area contributed by atoms with Gasteiger partial charge in [0.2, 0.25) is 17.8 Å². The molecule has 108 valence electrons. The summed E-state index contributed by atoms with van der Waals surface area (Å²) in [4.78, 5) is 27.9. The molecule has 0 aliphatic carbocycles. The summed E-state index contributed by atoms with van der Waals surface area (Å²) in [5.41, 5.74) is 1.38. The Balaban J connectivity index is 1.87. The molecule has 0 saturated carbocycles. The highest BCUT2D eigenvalue weighted by Gasteiger charge is 2.32. The van der Waals surface area contributed by atoms with Gasteiger partial charge >= 0.3 is 0 Å². The average molecular weight is 306 g/mol. The van der Waals surface area contributed by atoms with Gasteiger partial charge in [-0.1, -0.05) is 17.7 Å². The summed E-state index contributed by atoms with van der Waals surface area (Å²) >= 11 is 6.03. The van der Waals surface area contributed by atoms with Gasteiger partial charge < -0.3 is 5.32 Å². The van der Waals surface area contributed by atoms with Gasteiger partial charge in [0.05, 0.1) is 6.42 Å². The van der Waals surface area contributed by atoms with Crippen molar-refractivity contribution < 1.29 is 9.59 Å². The van der Waals surface area contributed by atoms with E-state index in [0.29, 0.717) is 10.7 Å². The van der Waals surface area contributed by atoms with Crippen molar-refractivity contribution in [2.75, 3.05) is 10.6 Å². The fourth-order valence-electron chi connectivity index (χ4n) is 2.17. The Labute approximate surface area is 125 Å². The second kappa shape index (κ2) is 5.17.